The molecule has 4 nitrogen and oxygen atoms in total. The van der Waals surface area contributed by atoms with E-state index >= 15 is 0 Å². The van der Waals surface area contributed by atoms with Gasteiger partial charge in [-0.3, -0.25) is 4.99 Å². The van der Waals surface area contributed by atoms with Crippen LogP contribution in [0.15, 0.2) is 29.4 Å². The summed E-state index contributed by atoms with van der Waals surface area (Å²) in [5, 5.41) is 7.89. The minimum absolute atomic E-state index is 0. The highest BCUT2D eigenvalue weighted by Gasteiger charge is 2.02. The van der Waals surface area contributed by atoms with Gasteiger partial charge in [-0.1, -0.05) is 23.8 Å². The van der Waals surface area contributed by atoms with Crippen LogP contribution < -0.4 is 10.6 Å². The van der Waals surface area contributed by atoms with E-state index in [0.29, 0.717) is 0 Å². The molecule has 138 valence electrons. The number of nitrogens with one attached hydrogen (secondary N) is 2. The van der Waals surface area contributed by atoms with E-state index in [2.05, 4.69) is 66.5 Å². The van der Waals surface area contributed by atoms with E-state index in [1.54, 1.807) is 11.3 Å². The number of guanidine groups is 1. The van der Waals surface area contributed by atoms with Gasteiger partial charge in [0.25, 0.3) is 0 Å². The lowest BCUT2D eigenvalue weighted by molar-refractivity contribution is 0.794. The lowest BCUT2D eigenvalue weighted by Crippen LogP contribution is -2.38. The molecule has 6 heteroatoms. The van der Waals surface area contributed by atoms with Crippen molar-refractivity contribution < 1.29 is 0 Å². The molecule has 0 radical (unpaired) electrons. The number of thiazole rings is 1. The summed E-state index contributed by atoms with van der Waals surface area (Å²) >= 11 is 1.75. The van der Waals surface area contributed by atoms with Crippen molar-refractivity contribution in [2.24, 2.45) is 4.99 Å². The summed E-state index contributed by atoms with van der Waals surface area (Å²) in [6, 6.07) is 6.64. The fourth-order valence-electron chi connectivity index (χ4n) is 2.56. The van der Waals surface area contributed by atoms with Crippen molar-refractivity contribution in [3.05, 3.63) is 51.0 Å². The minimum atomic E-state index is 0. The third-order valence-electron chi connectivity index (χ3n) is 3.79. The quantitative estimate of drug-likeness (QED) is 0.364. The summed E-state index contributed by atoms with van der Waals surface area (Å²) in [6.45, 7) is 11.0. The van der Waals surface area contributed by atoms with Gasteiger partial charge in [0.15, 0.2) is 5.96 Å². The summed E-state index contributed by atoms with van der Waals surface area (Å²) in [6.07, 6.45) is 3.82. The first-order valence-corrected chi connectivity index (χ1v) is 9.39. The van der Waals surface area contributed by atoms with Gasteiger partial charge in [-0.2, -0.15) is 0 Å². The lowest BCUT2D eigenvalue weighted by atomic mass is 10.0. The fourth-order valence-corrected chi connectivity index (χ4v) is 3.34. The summed E-state index contributed by atoms with van der Waals surface area (Å²) in [4.78, 5) is 10.3. The van der Waals surface area contributed by atoms with Gasteiger partial charge in [-0.15, -0.1) is 35.3 Å². The second-order valence-electron chi connectivity index (χ2n) is 5.98. The molecule has 0 bridgehead atoms. The van der Waals surface area contributed by atoms with Crippen LogP contribution in [0.1, 0.15) is 33.5 Å². The molecular weight excluding hydrogens is 443 g/mol. The molecule has 0 aliphatic heterocycles. The van der Waals surface area contributed by atoms with E-state index in [-0.39, 0.29) is 24.0 Å². The molecule has 0 spiro atoms. The molecule has 0 aliphatic carbocycles. The van der Waals surface area contributed by atoms with Crippen LogP contribution in [0.3, 0.4) is 0 Å². The first-order valence-electron chi connectivity index (χ1n) is 8.58. The number of halogens is 1. The highest BCUT2D eigenvalue weighted by molar-refractivity contribution is 14.0. The number of nitrogens with zero attached hydrogens (tertiary/aromatic N) is 2. The van der Waals surface area contributed by atoms with Crippen LogP contribution >= 0.6 is 35.3 Å². The molecule has 0 fully saturated rings. The first-order chi connectivity index (χ1) is 11.6. The summed E-state index contributed by atoms with van der Waals surface area (Å²) in [5.74, 6) is 0.885. The van der Waals surface area contributed by atoms with Crippen molar-refractivity contribution >= 4 is 41.3 Å². The Bertz CT molecular complexity index is 682. The number of aliphatic imine (C=N–C) groups is 1. The van der Waals surface area contributed by atoms with Gasteiger partial charge in [-0.05, 0) is 45.2 Å². The Hall–Kier alpha value is -1.15. The second-order valence-corrected chi connectivity index (χ2v) is 7.30. The molecule has 2 rings (SSSR count). The summed E-state index contributed by atoms with van der Waals surface area (Å²) in [5.41, 5.74) is 4.07. The van der Waals surface area contributed by atoms with Gasteiger partial charge in [0.1, 0.15) is 0 Å². The monoisotopic (exact) mass is 472 g/mol. The van der Waals surface area contributed by atoms with Gasteiger partial charge in [0.2, 0.25) is 0 Å². The highest BCUT2D eigenvalue weighted by Crippen LogP contribution is 2.12. The number of hydrogen-bond acceptors (Lipinski definition) is 3. The van der Waals surface area contributed by atoms with Gasteiger partial charge >= 0.3 is 0 Å². The van der Waals surface area contributed by atoms with Crippen LogP contribution in [0, 0.1) is 20.8 Å². The standard InChI is InChI=1S/C19H28N4S.HI/c1-5-20-19(22-11-9-18-23-13-16(4)24-18)21-10-8-17-7-6-14(2)12-15(17)3;/h6-7,12-13H,5,8-11H2,1-4H3,(H2,20,21,22);1H. The largest absolute Gasteiger partial charge is 0.357 e. The molecule has 0 amide bonds. The van der Waals surface area contributed by atoms with Crippen LogP contribution in [-0.2, 0) is 12.8 Å². The summed E-state index contributed by atoms with van der Waals surface area (Å²) < 4.78 is 0. The van der Waals surface area contributed by atoms with Gasteiger partial charge < -0.3 is 10.6 Å². The Kier molecular flexibility index (Phi) is 10.0. The molecule has 0 aliphatic rings. The van der Waals surface area contributed by atoms with Gasteiger partial charge in [0, 0.05) is 37.1 Å². The maximum atomic E-state index is 4.65. The number of aryl methyl sites for hydroxylation is 3. The van der Waals surface area contributed by atoms with E-state index in [1.807, 2.05) is 6.20 Å². The Morgan fingerprint density at radius 1 is 1.16 bits per heavy atom. The van der Waals surface area contributed by atoms with Crippen LogP contribution in [-0.4, -0.2) is 30.6 Å². The van der Waals surface area contributed by atoms with Gasteiger partial charge in [-0.25, -0.2) is 4.98 Å². The van der Waals surface area contributed by atoms with Crippen molar-refractivity contribution in [3.63, 3.8) is 0 Å². The molecule has 0 atom stereocenters. The van der Waals surface area contributed by atoms with E-state index in [0.717, 1.165) is 43.4 Å². The predicted octanol–water partition coefficient (Wildman–Crippen LogP) is 4.03. The van der Waals surface area contributed by atoms with Crippen LogP contribution in [0.2, 0.25) is 0 Å². The Balaban J connectivity index is 0.00000312. The third kappa shape index (κ3) is 7.73. The number of benzene rings is 1. The van der Waals surface area contributed by atoms with Crippen molar-refractivity contribution in [1.82, 2.24) is 15.6 Å². The lowest BCUT2D eigenvalue weighted by Gasteiger charge is -2.12. The van der Waals surface area contributed by atoms with E-state index in [9.17, 15) is 0 Å². The van der Waals surface area contributed by atoms with E-state index in [4.69, 9.17) is 0 Å². The average molecular weight is 472 g/mol. The molecule has 2 aromatic rings. The number of rotatable bonds is 7. The van der Waals surface area contributed by atoms with E-state index < -0.39 is 0 Å². The van der Waals surface area contributed by atoms with Crippen molar-refractivity contribution in [3.8, 4) is 0 Å². The minimum Gasteiger partial charge on any atom is -0.357 e. The highest BCUT2D eigenvalue weighted by atomic mass is 127. The van der Waals surface area contributed by atoms with Crippen LogP contribution in [0.5, 0.6) is 0 Å². The van der Waals surface area contributed by atoms with Crippen LogP contribution in [0.25, 0.3) is 0 Å². The second kappa shape index (κ2) is 11.5. The molecule has 0 saturated heterocycles. The molecule has 25 heavy (non-hydrogen) atoms. The Morgan fingerprint density at radius 3 is 2.60 bits per heavy atom. The van der Waals surface area contributed by atoms with Crippen molar-refractivity contribution in [2.75, 3.05) is 19.6 Å². The smallest absolute Gasteiger partial charge is 0.191 e. The van der Waals surface area contributed by atoms with Crippen molar-refractivity contribution in [2.45, 2.75) is 40.5 Å². The number of hydrogen-bond donors (Lipinski definition) is 2. The molecular formula is C19H29IN4S. The molecule has 2 N–H and O–H groups in total. The summed E-state index contributed by atoms with van der Waals surface area (Å²) in [7, 11) is 0. The van der Waals surface area contributed by atoms with Gasteiger partial charge in [0.05, 0.1) is 5.01 Å². The zero-order chi connectivity index (χ0) is 17.4. The molecule has 1 heterocycles. The van der Waals surface area contributed by atoms with Crippen LogP contribution in [0.4, 0.5) is 0 Å². The molecule has 1 aromatic heterocycles. The predicted molar refractivity (Wildman–Crippen MR) is 120 cm³/mol. The van der Waals surface area contributed by atoms with E-state index in [1.165, 1.54) is 21.6 Å². The average Bonchev–Trinajstić information content (AvgIpc) is 2.95. The molecule has 0 unspecified atom stereocenters. The van der Waals surface area contributed by atoms with Crippen molar-refractivity contribution in [1.29, 1.82) is 0 Å². The first kappa shape index (κ1) is 21.9. The molecule has 1 aromatic carbocycles. The zero-order valence-corrected chi connectivity index (χ0v) is 18.7. The topological polar surface area (TPSA) is 49.3 Å². The zero-order valence-electron chi connectivity index (χ0n) is 15.6. The maximum absolute atomic E-state index is 4.65. The third-order valence-corrected chi connectivity index (χ3v) is 4.77. The SMILES string of the molecule is CCNC(=NCCc1ncc(C)s1)NCCc1ccc(C)cc1C.I. The molecule has 0 saturated carbocycles. The Morgan fingerprint density at radius 2 is 1.96 bits per heavy atom. The number of aromatic nitrogens is 1. The Labute approximate surface area is 172 Å². The maximum Gasteiger partial charge on any atom is 0.191 e. The fraction of sp³-hybridized carbons (Fsp3) is 0.474. The normalized spacial score (nSPS) is 11.1.